The molecule has 1 fully saturated rings. The minimum Gasteiger partial charge on any atom is -0.481 e. The Labute approximate surface area is 99.5 Å². The van der Waals surface area contributed by atoms with Gasteiger partial charge in [0, 0.05) is 18.9 Å². The van der Waals surface area contributed by atoms with Gasteiger partial charge in [-0.05, 0) is 19.8 Å². The first kappa shape index (κ1) is 13.5. The van der Waals surface area contributed by atoms with E-state index in [2.05, 4.69) is 0 Å². The summed E-state index contributed by atoms with van der Waals surface area (Å²) in [7, 11) is 0. The van der Waals surface area contributed by atoms with E-state index in [9.17, 15) is 14.4 Å². The number of aliphatic carboxylic acids is 1. The number of carbonyl (C=O) groups is 3. The van der Waals surface area contributed by atoms with Crippen LogP contribution in [0.25, 0.3) is 0 Å². The number of ketones is 1. The predicted octanol–water partition coefficient (Wildman–Crippen LogP) is 0.899. The van der Waals surface area contributed by atoms with Crippen LogP contribution in [0, 0.1) is 5.92 Å². The van der Waals surface area contributed by atoms with Gasteiger partial charge in [-0.2, -0.15) is 0 Å². The van der Waals surface area contributed by atoms with E-state index < -0.39 is 12.1 Å². The van der Waals surface area contributed by atoms with Gasteiger partial charge in [0.15, 0.2) is 5.78 Å². The molecule has 17 heavy (non-hydrogen) atoms. The molecule has 0 radical (unpaired) electrons. The third kappa shape index (κ3) is 4.05. The fraction of sp³-hybridized carbons (Fsp3) is 0.727. The molecule has 0 aromatic heterocycles. The van der Waals surface area contributed by atoms with Gasteiger partial charge in [-0.3, -0.25) is 9.59 Å². The zero-order valence-electron chi connectivity index (χ0n) is 9.85. The number of carboxylic acids is 1. The van der Waals surface area contributed by atoms with E-state index in [0.717, 1.165) is 0 Å². The molecule has 0 aliphatic carbocycles. The number of amides is 1. The van der Waals surface area contributed by atoms with Gasteiger partial charge in [-0.15, -0.1) is 0 Å². The van der Waals surface area contributed by atoms with Gasteiger partial charge in [-0.25, -0.2) is 4.79 Å². The highest BCUT2D eigenvalue weighted by atomic mass is 16.6. The Morgan fingerprint density at radius 1 is 1.53 bits per heavy atom. The molecule has 1 rings (SSSR count). The van der Waals surface area contributed by atoms with E-state index in [1.165, 1.54) is 4.90 Å². The van der Waals surface area contributed by atoms with Crippen molar-refractivity contribution in [2.24, 2.45) is 5.92 Å². The number of carboxylic acid groups (broad SMARTS) is 1. The van der Waals surface area contributed by atoms with Crippen LogP contribution in [-0.2, 0) is 14.3 Å². The molecule has 1 aliphatic rings. The van der Waals surface area contributed by atoms with Crippen molar-refractivity contribution in [1.82, 2.24) is 4.90 Å². The van der Waals surface area contributed by atoms with Gasteiger partial charge in [0.25, 0.3) is 0 Å². The Bertz CT molecular complexity index is 315. The van der Waals surface area contributed by atoms with E-state index in [4.69, 9.17) is 9.84 Å². The largest absolute Gasteiger partial charge is 0.481 e. The van der Waals surface area contributed by atoms with E-state index in [1.807, 2.05) is 0 Å². The average molecular weight is 243 g/mol. The topological polar surface area (TPSA) is 83.9 Å². The normalized spacial score (nSPS) is 20.2. The highest BCUT2D eigenvalue weighted by Gasteiger charge is 2.30. The molecule has 1 N–H and O–H groups in total. The second kappa shape index (κ2) is 6.22. The Kier molecular flexibility index (Phi) is 4.93. The molecule has 0 bridgehead atoms. The second-order valence-electron chi connectivity index (χ2n) is 4.00. The molecule has 1 heterocycles. The summed E-state index contributed by atoms with van der Waals surface area (Å²) >= 11 is 0. The van der Waals surface area contributed by atoms with Gasteiger partial charge in [0.05, 0.1) is 13.2 Å². The van der Waals surface area contributed by atoms with Crippen LogP contribution in [0.3, 0.4) is 0 Å². The number of nitrogens with zero attached hydrogens (tertiary/aromatic N) is 1. The number of rotatable bonds is 4. The highest BCUT2D eigenvalue weighted by Crippen LogP contribution is 2.19. The Balaban J connectivity index is 2.41. The maximum atomic E-state index is 11.7. The zero-order valence-corrected chi connectivity index (χ0v) is 9.85. The fourth-order valence-corrected chi connectivity index (χ4v) is 1.84. The van der Waals surface area contributed by atoms with Gasteiger partial charge >= 0.3 is 12.1 Å². The summed E-state index contributed by atoms with van der Waals surface area (Å²) in [6.07, 6.45) is 0.392. The Hall–Kier alpha value is -1.59. The van der Waals surface area contributed by atoms with E-state index in [1.54, 1.807) is 6.92 Å². The van der Waals surface area contributed by atoms with Gasteiger partial charge in [0.2, 0.25) is 0 Å². The molecule has 6 nitrogen and oxygen atoms in total. The summed E-state index contributed by atoms with van der Waals surface area (Å²) in [6.45, 7) is 2.48. The lowest BCUT2D eigenvalue weighted by Gasteiger charge is -2.29. The van der Waals surface area contributed by atoms with Crippen molar-refractivity contribution in [2.45, 2.75) is 26.2 Å². The molecule has 1 saturated heterocycles. The molecular formula is C11H17NO5. The molecule has 96 valence electrons. The SMILES string of the molecule is CCOC(=O)N1CCC(CCC(=O)O)C(=O)C1. The van der Waals surface area contributed by atoms with Crippen molar-refractivity contribution in [3.05, 3.63) is 0 Å². The molecule has 0 spiro atoms. The molecule has 1 unspecified atom stereocenters. The van der Waals surface area contributed by atoms with E-state index >= 15 is 0 Å². The maximum Gasteiger partial charge on any atom is 0.410 e. The van der Waals surface area contributed by atoms with Crippen LogP contribution >= 0.6 is 0 Å². The zero-order chi connectivity index (χ0) is 12.8. The molecule has 1 amide bonds. The number of Topliss-reactive ketones (excluding diaryl/α,β-unsaturated/α-hetero) is 1. The lowest BCUT2D eigenvalue weighted by Crippen LogP contribution is -2.44. The van der Waals surface area contributed by atoms with Crippen molar-refractivity contribution >= 4 is 17.8 Å². The fourth-order valence-electron chi connectivity index (χ4n) is 1.84. The summed E-state index contributed by atoms with van der Waals surface area (Å²) < 4.78 is 4.80. The van der Waals surface area contributed by atoms with Crippen molar-refractivity contribution in [3.63, 3.8) is 0 Å². The van der Waals surface area contributed by atoms with Gasteiger partial charge in [0.1, 0.15) is 0 Å². The molecule has 1 aliphatic heterocycles. The predicted molar refractivity (Wildman–Crippen MR) is 58.6 cm³/mol. The van der Waals surface area contributed by atoms with Crippen LogP contribution in [0.4, 0.5) is 4.79 Å². The second-order valence-corrected chi connectivity index (χ2v) is 4.00. The standard InChI is InChI=1S/C11H17NO5/c1-2-17-11(16)12-6-5-8(9(13)7-12)3-4-10(14)15/h8H,2-7H2,1H3,(H,14,15). The van der Waals surface area contributed by atoms with Crippen LogP contribution < -0.4 is 0 Å². The minimum absolute atomic E-state index is 0.00415. The average Bonchev–Trinajstić information content (AvgIpc) is 2.27. The number of ether oxygens (including phenoxy) is 1. The minimum atomic E-state index is -0.898. The van der Waals surface area contributed by atoms with E-state index in [0.29, 0.717) is 19.4 Å². The van der Waals surface area contributed by atoms with Crippen LogP contribution in [0.5, 0.6) is 0 Å². The molecule has 1 atom stereocenters. The number of likely N-dealkylation sites (tertiary alicyclic amines) is 1. The molecule has 0 aromatic carbocycles. The van der Waals surface area contributed by atoms with Crippen LogP contribution in [-0.4, -0.2) is 47.5 Å². The summed E-state index contributed by atoms with van der Waals surface area (Å²) in [5.41, 5.74) is 0. The van der Waals surface area contributed by atoms with Crippen LogP contribution in [0.1, 0.15) is 26.2 Å². The first-order valence-corrected chi connectivity index (χ1v) is 5.70. The van der Waals surface area contributed by atoms with Gasteiger partial charge in [-0.1, -0.05) is 0 Å². The van der Waals surface area contributed by atoms with Gasteiger partial charge < -0.3 is 14.7 Å². The summed E-state index contributed by atoms with van der Waals surface area (Å²) in [6, 6.07) is 0. The molecule has 0 saturated carbocycles. The van der Waals surface area contributed by atoms with Crippen LogP contribution in [0.15, 0.2) is 0 Å². The lowest BCUT2D eigenvalue weighted by atomic mass is 9.91. The highest BCUT2D eigenvalue weighted by molar-refractivity contribution is 5.87. The van der Waals surface area contributed by atoms with E-state index in [-0.39, 0.29) is 31.3 Å². The third-order valence-electron chi connectivity index (χ3n) is 2.78. The first-order chi connectivity index (χ1) is 8.04. The molecule has 6 heteroatoms. The quantitative estimate of drug-likeness (QED) is 0.793. The summed E-state index contributed by atoms with van der Waals surface area (Å²) in [4.78, 5) is 34.8. The number of hydrogen-bond donors (Lipinski definition) is 1. The molecule has 0 aromatic rings. The van der Waals surface area contributed by atoms with Crippen molar-refractivity contribution in [3.8, 4) is 0 Å². The first-order valence-electron chi connectivity index (χ1n) is 5.70. The monoisotopic (exact) mass is 243 g/mol. The summed E-state index contributed by atoms with van der Waals surface area (Å²) in [5.74, 6) is -1.21. The number of hydrogen-bond acceptors (Lipinski definition) is 4. The Morgan fingerprint density at radius 2 is 2.24 bits per heavy atom. The number of piperidine rings is 1. The lowest BCUT2D eigenvalue weighted by molar-refractivity contribution is -0.137. The third-order valence-corrected chi connectivity index (χ3v) is 2.78. The Morgan fingerprint density at radius 3 is 2.76 bits per heavy atom. The van der Waals surface area contributed by atoms with Crippen molar-refractivity contribution in [1.29, 1.82) is 0 Å². The van der Waals surface area contributed by atoms with Crippen LogP contribution in [0.2, 0.25) is 0 Å². The molecular weight excluding hydrogens is 226 g/mol. The van der Waals surface area contributed by atoms with Crippen molar-refractivity contribution < 1.29 is 24.2 Å². The smallest absolute Gasteiger partial charge is 0.410 e. The number of carbonyl (C=O) groups excluding carboxylic acids is 2. The summed E-state index contributed by atoms with van der Waals surface area (Å²) in [5, 5.41) is 8.54. The van der Waals surface area contributed by atoms with Crippen molar-refractivity contribution in [2.75, 3.05) is 19.7 Å². The maximum absolute atomic E-state index is 11.7.